The molecule has 0 saturated heterocycles. The second-order valence-electron chi connectivity index (χ2n) is 4.03. The molecule has 1 heterocycles. The molecule has 1 amide bonds. The lowest BCUT2D eigenvalue weighted by molar-refractivity contribution is 0.0946. The van der Waals surface area contributed by atoms with Crippen LogP contribution >= 0.6 is 0 Å². The van der Waals surface area contributed by atoms with E-state index in [9.17, 15) is 4.79 Å². The monoisotopic (exact) mass is 241 g/mol. The highest BCUT2D eigenvalue weighted by molar-refractivity contribution is 5.92. The third-order valence-electron chi connectivity index (χ3n) is 2.82. The average Bonchev–Trinajstić information content (AvgIpc) is 2.41. The van der Waals surface area contributed by atoms with E-state index in [2.05, 4.69) is 10.3 Å². The van der Waals surface area contributed by atoms with Gasteiger partial charge < -0.3 is 11.1 Å². The highest BCUT2D eigenvalue weighted by Crippen LogP contribution is 2.15. The first-order chi connectivity index (χ1) is 8.68. The molecule has 0 radical (unpaired) electrons. The highest BCUT2D eigenvalue weighted by atomic mass is 16.1. The van der Waals surface area contributed by atoms with Crippen molar-refractivity contribution in [2.75, 3.05) is 5.73 Å². The van der Waals surface area contributed by atoms with Crippen LogP contribution in [0.3, 0.4) is 0 Å². The van der Waals surface area contributed by atoms with Gasteiger partial charge in [0, 0.05) is 18.4 Å². The summed E-state index contributed by atoms with van der Waals surface area (Å²) in [5.74, 6) is -0.183. The molecular weight excluding hydrogens is 226 g/mol. The van der Waals surface area contributed by atoms with Gasteiger partial charge in [0.05, 0.1) is 0 Å². The molecule has 1 aromatic heterocycles. The second kappa shape index (κ2) is 5.31. The van der Waals surface area contributed by atoms with Crippen molar-refractivity contribution in [1.82, 2.24) is 10.3 Å². The van der Waals surface area contributed by atoms with Crippen LogP contribution < -0.4 is 11.1 Å². The van der Waals surface area contributed by atoms with Gasteiger partial charge >= 0.3 is 0 Å². The SMILES string of the molecule is Cc1c(N)cccc1CNC(=O)c1ccccn1. The first kappa shape index (κ1) is 12.1. The number of amides is 1. The summed E-state index contributed by atoms with van der Waals surface area (Å²) in [7, 11) is 0. The van der Waals surface area contributed by atoms with E-state index in [1.807, 2.05) is 25.1 Å². The Hall–Kier alpha value is -2.36. The van der Waals surface area contributed by atoms with E-state index in [0.717, 1.165) is 16.8 Å². The number of nitrogens with one attached hydrogen (secondary N) is 1. The van der Waals surface area contributed by atoms with Crippen molar-refractivity contribution < 1.29 is 4.79 Å². The van der Waals surface area contributed by atoms with Gasteiger partial charge in [-0.25, -0.2) is 0 Å². The zero-order chi connectivity index (χ0) is 13.0. The van der Waals surface area contributed by atoms with Gasteiger partial charge in [-0.1, -0.05) is 18.2 Å². The van der Waals surface area contributed by atoms with Gasteiger partial charge in [-0.15, -0.1) is 0 Å². The Kier molecular flexibility index (Phi) is 3.57. The van der Waals surface area contributed by atoms with Crippen molar-refractivity contribution >= 4 is 11.6 Å². The second-order valence-corrected chi connectivity index (χ2v) is 4.03. The molecule has 0 fully saturated rings. The lowest BCUT2D eigenvalue weighted by atomic mass is 10.1. The summed E-state index contributed by atoms with van der Waals surface area (Å²) in [6, 6.07) is 10.9. The van der Waals surface area contributed by atoms with E-state index in [1.165, 1.54) is 0 Å². The van der Waals surface area contributed by atoms with Crippen LogP contribution in [-0.4, -0.2) is 10.9 Å². The van der Waals surface area contributed by atoms with E-state index in [0.29, 0.717) is 12.2 Å². The van der Waals surface area contributed by atoms with Crippen LogP contribution in [0, 0.1) is 6.92 Å². The molecular formula is C14H15N3O. The lowest BCUT2D eigenvalue weighted by Crippen LogP contribution is -2.24. The standard InChI is InChI=1S/C14H15N3O/c1-10-11(5-4-6-12(10)15)9-17-14(18)13-7-2-3-8-16-13/h2-8H,9,15H2,1H3,(H,17,18). The van der Waals surface area contributed by atoms with E-state index < -0.39 is 0 Å². The Balaban J connectivity index is 2.04. The molecule has 0 spiro atoms. The van der Waals surface area contributed by atoms with E-state index in [-0.39, 0.29) is 5.91 Å². The minimum Gasteiger partial charge on any atom is -0.399 e. The molecule has 4 nitrogen and oxygen atoms in total. The van der Waals surface area contributed by atoms with Crippen LogP contribution in [0.5, 0.6) is 0 Å². The number of nitrogens with two attached hydrogens (primary N) is 1. The van der Waals surface area contributed by atoms with Crippen molar-refractivity contribution in [2.24, 2.45) is 0 Å². The number of carbonyl (C=O) groups excluding carboxylic acids is 1. The van der Waals surface area contributed by atoms with Crippen LogP contribution in [-0.2, 0) is 6.54 Å². The maximum atomic E-state index is 11.8. The van der Waals surface area contributed by atoms with Crippen molar-refractivity contribution in [1.29, 1.82) is 0 Å². The lowest BCUT2D eigenvalue weighted by Gasteiger charge is -2.09. The summed E-state index contributed by atoms with van der Waals surface area (Å²) >= 11 is 0. The normalized spacial score (nSPS) is 10.1. The predicted octanol–water partition coefficient (Wildman–Crippen LogP) is 1.90. The summed E-state index contributed by atoms with van der Waals surface area (Å²) in [6.07, 6.45) is 1.60. The summed E-state index contributed by atoms with van der Waals surface area (Å²) in [5.41, 5.74) is 8.98. The van der Waals surface area contributed by atoms with Crippen LogP contribution in [0.15, 0.2) is 42.6 Å². The molecule has 18 heavy (non-hydrogen) atoms. The number of rotatable bonds is 3. The summed E-state index contributed by atoms with van der Waals surface area (Å²) in [4.78, 5) is 15.8. The number of aromatic nitrogens is 1. The fourth-order valence-corrected chi connectivity index (χ4v) is 1.66. The maximum Gasteiger partial charge on any atom is 0.270 e. The molecule has 0 bridgehead atoms. The Morgan fingerprint density at radius 1 is 1.28 bits per heavy atom. The molecule has 0 aliphatic rings. The Morgan fingerprint density at radius 3 is 2.83 bits per heavy atom. The molecule has 0 aliphatic carbocycles. The number of hydrogen-bond donors (Lipinski definition) is 2. The zero-order valence-corrected chi connectivity index (χ0v) is 10.2. The molecule has 0 unspecified atom stereocenters. The first-order valence-corrected chi connectivity index (χ1v) is 5.71. The fraction of sp³-hybridized carbons (Fsp3) is 0.143. The van der Waals surface area contributed by atoms with Gasteiger partial charge in [0.2, 0.25) is 0 Å². The number of nitrogens with zero attached hydrogens (tertiary/aromatic N) is 1. The Morgan fingerprint density at radius 2 is 2.11 bits per heavy atom. The minimum atomic E-state index is -0.183. The number of pyridine rings is 1. The number of benzene rings is 1. The summed E-state index contributed by atoms with van der Waals surface area (Å²) < 4.78 is 0. The van der Waals surface area contributed by atoms with Crippen LogP contribution in [0.2, 0.25) is 0 Å². The van der Waals surface area contributed by atoms with Gasteiger partial charge in [0.1, 0.15) is 5.69 Å². The molecule has 0 atom stereocenters. The molecule has 1 aromatic carbocycles. The van der Waals surface area contributed by atoms with Crippen LogP contribution in [0.1, 0.15) is 21.6 Å². The van der Waals surface area contributed by atoms with Gasteiger partial charge in [-0.3, -0.25) is 9.78 Å². The maximum absolute atomic E-state index is 11.8. The first-order valence-electron chi connectivity index (χ1n) is 5.71. The third kappa shape index (κ3) is 2.66. The largest absolute Gasteiger partial charge is 0.399 e. The van der Waals surface area contributed by atoms with Gasteiger partial charge in [0.15, 0.2) is 0 Å². The molecule has 0 saturated carbocycles. The molecule has 92 valence electrons. The summed E-state index contributed by atoms with van der Waals surface area (Å²) in [5, 5.41) is 2.83. The Labute approximate surface area is 106 Å². The highest BCUT2D eigenvalue weighted by Gasteiger charge is 2.07. The average molecular weight is 241 g/mol. The minimum absolute atomic E-state index is 0.183. The zero-order valence-electron chi connectivity index (χ0n) is 10.2. The molecule has 3 N–H and O–H groups in total. The van der Waals surface area contributed by atoms with Crippen molar-refractivity contribution in [3.63, 3.8) is 0 Å². The number of carbonyl (C=O) groups is 1. The van der Waals surface area contributed by atoms with E-state index >= 15 is 0 Å². The van der Waals surface area contributed by atoms with Gasteiger partial charge in [-0.05, 0) is 36.2 Å². The molecule has 4 heteroatoms. The topological polar surface area (TPSA) is 68.0 Å². The van der Waals surface area contributed by atoms with E-state index in [4.69, 9.17) is 5.73 Å². The van der Waals surface area contributed by atoms with Crippen LogP contribution in [0.25, 0.3) is 0 Å². The fourth-order valence-electron chi connectivity index (χ4n) is 1.66. The predicted molar refractivity (Wildman–Crippen MR) is 71.0 cm³/mol. The number of nitrogen functional groups attached to an aromatic ring is 1. The smallest absolute Gasteiger partial charge is 0.270 e. The Bertz CT molecular complexity index is 552. The van der Waals surface area contributed by atoms with Crippen LogP contribution in [0.4, 0.5) is 5.69 Å². The quantitative estimate of drug-likeness (QED) is 0.806. The van der Waals surface area contributed by atoms with Crippen molar-refractivity contribution in [2.45, 2.75) is 13.5 Å². The van der Waals surface area contributed by atoms with E-state index in [1.54, 1.807) is 24.4 Å². The number of hydrogen-bond acceptors (Lipinski definition) is 3. The summed E-state index contributed by atoms with van der Waals surface area (Å²) in [6.45, 7) is 2.39. The van der Waals surface area contributed by atoms with Crippen molar-refractivity contribution in [3.8, 4) is 0 Å². The third-order valence-corrected chi connectivity index (χ3v) is 2.82. The van der Waals surface area contributed by atoms with Gasteiger partial charge in [-0.2, -0.15) is 0 Å². The van der Waals surface area contributed by atoms with Gasteiger partial charge in [0.25, 0.3) is 5.91 Å². The molecule has 2 rings (SSSR count). The molecule has 2 aromatic rings. The molecule has 0 aliphatic heterocycles. The number of anilines is 1. The van der Waals surface area contributed by atoms with Crippen molar-refractivity contribution in [3.05, 3.63) is 59.4 Å².